The van der Waals surface area contributed by atoms with Crippen LogP contribution in [0.25, 0.3) is 0 Å². The molecule has 1 N–H and O–H groups in total. The Morgan fingerprint density at radius 2 is 2.17 bits per heavy atom. The normalized spacial score (nSPS) is 27.1. The van der Waals surface area contributed by atoms with Crippen LogP contribution in [0.4, 0.5) is 11.6 Å². The van der Waals surface area contributed by atoms with Gasteiger partial charge in [-0.1, -0.05) is 18.9 Å². The van der Waals surface area contributed by atoms with Crippen LogP contribution in [0, 0.1) is 5.92 Å². The monoisotopic (exact) mass is 245 g/mol. The van der Waals surface area contributed by atoms with Crippen LogP contribution in [0.15, 0.2) is 18.2 Å². The number of hydrogen-bond donors (Lipinski definition) is 1. The zero-order chi connectivity index (χ0) is 12.4. The number of fused-ring (bicyclic) bond motifs is 1. The third-order valence-electron chi connectivity index (χ3n) is 4.40. The average Bonchev–Trinajstić information content (AvgIpc) is 2.83. The molecule has 3 heteroatoms. The molecular formula is C15H23N3. The van der Waals surface area contributed by atoms with Gasteiger partial charge in [0.25, 0.3) is 0 Å². The summed E-state index contributed by atoms with van der Waals surface area (Å²) < 4.78 is 0. The predicted octanol–water partition coefficient (Wildman–Crippen LogP) is 3.28. The minimum absolute atomic E-state index is 0.753. The average molecular weight is 245 g/mol. The Bertz CT molecular complexity index is 404. The Morgan fingerprint density at radius 1 is 1.28 bits per heavy atom. The fourth-order valence-corrected chi connectivity index (χ4v) is 3.55. The molecule has 2 heterocycles. The van der Waals surface area contributed by atoms with Crippen molar-refractivity contribution >= 4 is 11.6 Å². The van der Waals surface area contributed by atoms with Gasteiger partial charge < -0.3 is 10.2 Å². The van der Waals surface area contributed by atoms with Crippen LogP contribution >= 0.6 is 0 Å². The van der Waals surface area contributed by atoms with Gasteiger partial charge in [-0.2, -0.15) is 0 Å². The van der Waals surface area contributed by atoms with Gasteiger partial charge in [0.05, 0.1) is 0 Å². The van der Waals surface area contributed by atoms with Crippen molar-refractivity contribution in [2.24, 2.45) is 5.92 Å². The minimum Gasteiger partial charge on any atom is -0.370 e. The van der Waals surface area contributed by atoms with Gasteiger partial charge in [-0.3, -0.25) is 0 Å². The SMILES string of the molecule is CCNc1cccc(N2CCC3CCCCC32)n1. The fraction of sp³-hybridized carbons (Fsp3) is 0.667. The number of anilines is 2. The molecule has 3 nitrogen and oxygen atoms in total. The van der Waals surface area contributed by atoms with Gasteiger partial charge in [-0.25, -0.2) is 4.98 Å². The van der Waals surface area contributed by atoms with Gasteiger partial charge in [0.1, 0.15) is 11.6 Å². The number of pyridine rings is 1. The highest BCUT2D eigenvalue weighted by atomic mass is 15.2. The van der Waals surface area contributed by atoms with E-state index in [-0.39, 0.29) is 0 Å². The number of hydrogen-bond acceptors (Lipinski definition) is 3. The predicted molar refractivity (Wildman–Crippen MR) is 76.1 cm³/mol. The highest BCUT2D eigenvalue weighted by Gasteiger charge is 2.36. The Hall–Kier alpha value is -1.25. The van der Waals surface area contributed by atoms with Crippen LogP contribution in [0.5, 0.6) is 0 Å². The lowest BCUT2D eigenvalue weighted by atomic mass is 9.85. The number of rotatable bonds is 3. The molecule has 1 aromatic rings. The molecule has 0 amide bonds. The molecule has 2 aliphatic rings. The third kappa shape index (κ3) is 2.18. The molecule has 0 radical (unpaired) electrons. The topological polar surface area (TPSA) is 28.2 Å². The van der Waals surface area contributed by atoms with Crippen LogP contribution in [0.3, 0.4) is 0 Å². The van der Waals surface area contributed by atoms with Crippen molar-refractivity contribution in [2.75, 3.05) is 23.3 Å². The van der Waals surface area contributed by atoms with E-state index in [0.29, 0.717) is 0 Å². The molecule has 1 aromatic heterocycles. The molecule has 2 fully saturated rings. The molecular weight excluding hydrogens is 222 g/mol. The summed E-state index contributed by atoms with van der Waals surface area (Å²) in [6.07, 6.45) is 6.97. The molecule has 2 unspecified atom stereocenters. The van der Waals surface area contributed by atoms with Crippen LogP contribution in [0.1, 0.15) is 39.0 Å². The van der Waals surface area contributed by atoms with Gasteiger partial charge in [0.2, 0.25) is 0 Å². The Kier molecular flexibility index (Phi) is 3.39. The van der Waals surface area contributed by atoms with Crippen LogP contribution < -0.4 is 10.2 Å². The number of nitrogens with one attached hydrogen (secondary N) is 1. The summed E-state index contributed by atoms with van der Waals surface area (Å²) >= 11 is 0. The summed E-state index contributed by atoms with van der Waals surface area (Å²) in [6.45, 7) is 4.24. The summed E-state index contributed by atoms with van der Waals surface area (Å²) in [6, 6.07) is 7.10. The molecule has 1 saturated heterocycles. The molecule has 0 spiro atoms. The van der Waals surface area contributed by atoms with Crippen molar-refractivity contribution in [2.45, 2.75) is 45.1 Å². The van der Waals surface area contributed by atoms with E-state index in [1.807, 2.05) is 0 Å². The second kappa shape index (κ2) is 5.17. The summed E-state index contributed by atoms with van der Waals surface area (Å²) in [4.78, 5) is 7.30. The van der Waals surface area contributed by atoms with Gasteiger partial charge in [0, 0.05) is 19.1 Å². The van der Waals surface area contributed by atoms with Crippen LogP contribution in [-0.4, -0.2) is 24.1 Å². The molecule has 1 aliphatic carbocycles. The van der Waals surface area contributed by atoms with Crippen molar-refractivity contribution in [3.05, 3.63) is 18.2 Å². The molecule has 2 atom stereocenters. The number of aromatic nitrogens is 1. The van der Waals surface area contributed by atoms with Crippen molar-refractivity contribution in [3.8, 4) is 0 Å². The maximum Gasteiger partial charge on any atom is 0.131 e. The Balaban J connectivity index is 1.79. The smallest absolute Gasteiger partial charge is 0.131 e. The van der Waals surface area contributed by atoms with Gasteiger partial charge in [-0.05, 0) is 44.2 Å². The van der Waals surface area contributed by atoms with E-state index in [0.717, 1.165) is 24.3 Å². The first-order valence-corrected chi connectivity index (χ1v) is 7.36. The lowest BCUT2D eigenvalue weighted by Crippen LogP contribution is -2.35. The summed E-state index contributed by atoms with van der Waals surface area (Å²) in [5.74, 6) is 3.10. The highest BCUT2D eigenvalue weighted by molar-refractivity contribution is 5.48. The summed E-state index contributed by atoms with van der Waals surface area (Å²) in [7, 11) is 0. The van der Waals surface area contributed by atoms with Crippen LogP contribution in [-0.2, 0) is 0 Å². The van der Waals surface area contributed by atoms with E-state index in [1.165, 1.54) is 44.5 Å². The summed E-state index contributed by atoms with van der Waals surface area (Å²) in [5, 5.41) is 3.31. The fourth-order valence-electron chi connectivity index (χ4n) is 3.55. The molecule has 3 rings (SSSR count). The third-order valence-corrected chi connectivity index (χ3v) is 4.40. The van der Waals surface area contributed by atoms with Gasteiger partial charge >= 0.3 is 0 Å². The second-order valence-corrected chi connectivity index (χ2v) is 5.51. The van der Waals surface area contributed by atoms with Crippen molar-refractivity contribution < 1.29 is 0 Å². The van der Waals surface area contributed by atoms with E-state index in [4.69, 9.17) is 4.98 Å². The first-order chi connectivity index (χ1) is 8.88. The minimum atomic E-state index is 0.753. The zero-order valence-corrected chi connectivity index (χ0v) is 11.2. The molecule has 0 bridgehead atoms. The van der Waals surface area contributed by atoms with Gasteiger partial charge in [-0.15, -0.1) is 0 Å². The van der Waals surface area contributed by atoms with Crippen molar-refractivity contribution in [3.63, 3.8) is 0 Å². The quantitative estimate of drug-likeness (QED) is 0.885. The second-order valence-electron chi connectivity index (χ2n) is 5.51. The van der Waals surface area contributed by atoms with E-state index in [1.54, 1.807) is 0 Å². The van der Waals surface area contributed by atoms with E-state index < -0.39 is 0 Å². The standard InChI is InChI=1S/C15H23N3/c1-2-16-14-8-5-9-15(17-14)18-11-10-12-6-3-4-7-13(12)18/h5,8-9,12-13H,2-4,6-7,10-11H2,1H3,(H,16,17). The zero-order valence-electron chi connectivity index (χ0n) is 11.2. The van der Waals surface area contributed by atoms with E-state index >= 15 is 0 Å². The first kappa shape index (κ1) is 11.8. The lowest BCUT2D eigenvalue weighted by Gasteiger charge is -2.32. The Morgan fingerprint density at radius 3 is 3.06 bits per heavy atom. The molecule has 1 aliphatic heterocycles. The largest absolute Gasteiger partial charge is 0.370 e. The highest BCUT2D eigenvalue weighted by Crippen LogP contribution is 2.38. The van der Waals surface area contributed by atoms with Crippen molar-refractivity contribution in [1.29, 1.82) is 0 Å². The van der Waals surface area contributed by atoms with Gasteiger partial charge in [0.15, 0.2) is 0 Å². The molecule has 1 saturated carbocycles. The maximum absolute atomic E-state index is 4.75. The molecule has 0 aromatic carbocycles. The van der Waals surface area contributed by atoms with Crippen molar-refractivity contribution in [1.82, 2.24) is 4.98 Å². The Labute approximate surface area is 110 Å². The first-order valence-electron chi connectivity index (χ1n) is 7.36. The van der Waals surface area contributed by atoms with E-state index in [9.17, 15) is 0 Å². The summed E-state index contributed by atoms with van der Waals surface area (Å²) in [5.41, 5.74) is 0. The number of nitrogens with zero attached hydrogens (tertiary/aromatic N) is 2. The molecule has 98 valence electrons. The lowest BCUT2D eigenvalue weighted by molar-refractivity contribution is 0.341. The molecule has 18 heavy (non-hydrogen) atoms. The van der Waals surface area contributed by atoms with E-state index in [2.05, 4.69) is 35.3 Å². The maximum atomic E-state index is 4.75. The van der Waals surface area contributed by atoms with Crippen LogP contribution in [0.2, 0.25) is 0 Å².